The summed E-state index contributed by atoms with van der Waals surface area (Å²) < 4.78 is 18.9. The molecule has 1 aliphatic rings. The van der Waals surface area contributed by atoms with Crippen molar-refractivity contribution in [2.75, 3.05) is 6.54 Å². The first-order chi connectivity index (χ1) is 12.2. The van der Waals surface area contributed by atoms with E-state index < -0.39 is 0 Å². The largest absolute Gasteiger partial charge is 0.443 e. The Labute approximate surface area is 148 Å². The van der Waals surface area contributed by atoms with Crippen LogP contribution in [0, 0.1) is 5.82 Å². The number of aromatic nitrogens is 2. The molecule has 1 aromatic carbocycles. The highest BCUT2D eigenvalue weighted by atomic mass is 32.1. The molecule has 25 heavy (non-hydrogen) atoms. The second-order valence-electron chi connectivity index (χ2n) is 5.99. The fraction of sp³-hybridized carbons (Fsp3) is 0.278. The molecule has 0 saturated carbocycles. The monoisotopic (exact) mass is 357 g/mol. The first-order valence-corrected chi connectivity index (χ1v) is 8.97. The Morgan fingerprint density at radius 1 is 1.32 bits per heavy atom. The number of hydrogen-bond donors (Lipinski definition) is 0. The molecule has 0 spiro atoms. The van der Waals surface area contributed by atoms with Gasteiger partial charge in [0.15, 0.2) is 0 Å². The van der Waals surface area contributed by atoms with Gasteiger partial charge >= 0.3 is 0 Å². The third kappa shape index (κ3) is 3.32. The van der Waals surface area contributed by atoms with Crippen molar-refractivity contribution < 1.29 is 13.6 Å². The van der Waals surface area contributed by atoms with Crippen LogP contribution in [0.3, 0.4) is 0 Å². The van der Waals surface area contributed by atoms with Crippen molar-refractivity contribution in [1.29, 1.82) is 0 Å². The SMILES string of the molecule is O=C(c1cncs1)N1CCCC1c1ncc(Cc2ccc(F)cc2)o1. The van der Waals surface area contributed by atoms with Crippen LogP contribution in [-0.2, 0) is 6.42 Å². The van der Waals surface area contributed by atoms with E-state index in [1.807, 2.05) is 0 Å². The van der Waals surface area contributed by atoms with Gasteiger partial charge < -0.3 is 9.32 Å². The highest BCUT2D eigenvalue weighted by molar-refractivity contribution is 7.11. The van der Waals surface area contributed by atoms with E-state index in [2.05, 4.69) is 9.97 Å². The summed E-state index contributed by atoms with van der Waals surface area (Å²) in [5.74, 6) is 0.986. The molecule has 1 amide bonds. The zero-order valence-electron chi connectivity index (χ0n) is 13.4. The third-order valence-electron chi connectivity index (χ3n) is 4.30. The Morgan fingerprint density at radius 2 is 2.16 bits per heavy atom. The summed E-state index contributed by atoms with van der Waals surface area (Å²) in [6, 6.07) is 6.17. The summed E-state index contributed by atoms with van der Waals surface area (Å²) in [6.07, 6.45) is 5.58. The van der Waals surface area contributed by atoms with Gasteiger partial charge in [-0.2, -0.15) is 0 Å². The van der Waals surface area contributed by atoms with Crippen molar-refractivity contribution in [1.82, 2.24) is 14.9 Å². The minimum Gasteiger partial charge on any atom is -0.443 e. The number of nitrogens with zero attached hydrogens (tertiary/aromatic N) is 3. The van der Waals surface area contributed by atoms with Gasteiger partial charge in [0.25, 0.3) is 5.91 Å². The molecule has 1 fully saturated rings. The highest BCUT2D eigenvalue weighted by Crippen LogP contribution is 2.33. The maximum absolute atomic E-state index is 13.0. The Hall–Kier alpha value is -2.54. The first-order valence-electron chi connectivity index (χ1n) is 8.09. The van der Waals surface area contributed by atoms with E-state index in [1.165, 1.54) is 23.5 Å². The van der Waals surface area contributed by atoms with Gasteiger partial charge in [0.05, 0.1) is 17.9 Å². The number of thiazole rings is 1. The minimum absolute atomic E-state index is 0.0247. The molecule has 5 nitrogen and oxygen atoms in total. The second kappa shape index (κ2) is 6.76. The van der Waals surface area contributed by atoms with Crippen LogP contribution in [0.5, 0.6) is 0 Å². The normalized spacial score (nSPS) is 17.2. The van der Waals surface area contributed by atoms with E-state index in [4.69, 9.17) is 4.42 Å². The van der Waals surface area contributed by atoms with Crippen LogP contribution in [0.4, 0.5) is 4.39 Å². The van der Waals surface area contributed by atoms with Gasteiger partial charge in [-0.1, -0.05) is 12.1 Å². The summed E-state index contributed by atoms with van der Waals surface area (Å²) in [7, 11) is 0. The molecule has 1 aliphatic heterocycles. The molecule has 2 aromatic heterocycles. The minimum atomic E-state index is -0.259. The molecule has 0 bridgehead atoms. The third-order valence-corrected chi connectivity index (χ3v) is 5.07. The average molecular weight is 357 g/mol. The van der Waals surface area contributed by atoms with E-state index >= 15 is 0 Å². The lowest BCUT2D eigenvalue weighted by Gasteiger charge is -2.21. The number of amides is 1. The van der Waals surface area contributed by atoms with Gasteiger partial charge in [0.2, 0.25) is 5.89 Å². The van der Waals surface area contributed by atoms with Crippen molar-refractivity contribution in [3.63, 3.8) is 0 Å². The number of likely N-dealkylation sites (tertiary alicyclic amines) is 1. The Bertz CT molecular complexity index is 861. The average Bonchev–Trinajstić information content (AvgIpc) is 3.37. The first kappa shape index (κ1) is 16.0. The molecule has 3 aromatic rings. The van der Waals surface area contributed by atoms with Crippen LogP contribution in [0.25, 0.3) is 0 Å². The molecule has 1 unspecified atom stereocenters. The molecule has 1 atom stereocenters. The van der Waals surface area contributed by atoms with Crippen LogP contribution in [0.1, 0.15) is 45.8 Å². The predicted octanol–water partition coefficient (Wildman–Crippen LogP) is 3.84. The van der Waals surface area contributed by atoms with Crippen LogP contribution in [0.2, 0.25) is 0 Å². The number of hydrogen-bond acceptors (Lipinski definition) is 5. The summed E-state index contributed by atoms with van der Waals surface area (Å²) in [5.41, 5.74) is 2.61. The maximum Gasteiger partial charge on any atom is 0.266 e. The lowest BCUT2D eigenvalue weighted by atomic mass is 10.1. The van der Waals surface area contributed by atoms with Gasteiger partial charge in [-0.05, 0) is 30.5 Å². The van der Waals surface area contributed by atoms with Crippen molar-refractivity contribution in [2.45, 2.75) is 25.3 Å². The standard InChI is InChI=1S/C18H16FN3O2S/c19-13-5-3-12(4-6-13)8-14-9-21-17(24-14)15-2-1-7-22(15)18(23)16-10-20-11-25-16/h3-6,9-11,15H,1-2,7-8H2. The van der Waals surface area contributed by atoms with Crippen molar-refractivity contribution >= 4 is 17.2 Å². The number of oxazole rings is 1. The number of halogens is 1. The Balaban J connectivity index is 1.50. The Morgan fingerprint density at radius 3 is 2.92 bits per heavy atom. The summed E-state index contributed by atoms with van der Waals surface area (Å²) >= 11 is 1.34. The van der Waals surface area contributed by atoms with E-state index in [9.17, 15) is 9.18 Å². The zero-order chi connectivity index (χ0) is 17.2. The van der Waals surface area contributed by atoms with Gasteiger partial charge in [0.1, 0.15) is 22.5 Å². The quantitative estimate of drug-likeness (QED) is 0.712. The molecule has 3 heterocycles. The molecule has 4 rings (SSSR count). The molecule has 0 aliphatic carbocycles. The van der Waals surface area contributed by atoms with Gasteiger partial charge in [0, 0.05) is 13.0 Å². The van der Waals surface area contributed by atoms with Crippen molar-refractivity contribution in [2.24, 2.45) is 0 Å². The highest BCUT2D eigenvalue weighted by Gasteiger charge is 2.34. The fourth-order valence-corrected chi connectivity index (χ4v) is 3.67. The van der Waals surface area contributed by atoms with Crippen LogP contribution < -0.4 is 0 Å². The second-order valence-corrected chi connectivity index (χ2v) is 6.88. The van der Waals surface area contributed by atoms with Gasteiger partial charge in [-0.15, -0.1) is 11.3 Å². The lowest BCUT2D eigenvalue weighted by molar-refractivity contribution is 0.0719. The topological polar surface area (TPSA) is 59.2 Å². The number of rotatable bonds is 4. The fourth-order valence-electron chi connectivity index (χ4n) is 3.09. The van der Waals surface area contributed by atoms with Crippen LogP contribution >= 0.6 is 11.3 Å². The van der Waals surface area contributed by atoms with E-state index in [0.717, 1.165) is 18.4 Å². The number of carbonyl (C=O) groups is 1. The summed E-state index contributed by atoms with van der Waals surface area (Å²) in [4.78, 5) is 23.4. The summed E-state index contributed by atoms with van der Waals surface area (Å²) in [5, 5.41) is 0. The predicted molar refractivity (Wildman–Crippen MR) is 90.8 cm³/mol. The summed E-state index contributed by atoms with van der Waals surface area (Å²) in [6.45, 7) is 0.692. The van der Waals surface area contributed by atoms with E-state index in [0.29, 0.717) is 29.5 Å². The van der Waals surface area contributed by atoms with Crippen molar-refractivity contribution in [3.05, 3.63) is 70.1 Å². The molecule has 0 N–H and O–H groups in total. The lowest BCUT2D eigenvalue weighted by Crippen LogP contribution is -2.30. The van der Waals surface area contributed by atoms with Gasteiger partial charge in [-0.3, -0.25) is 9.78 Å². The van der Waals surface area contributed by atoms with Crippen LogP contribution in [0.15, 0.2) is 46.6 Å². The molecule has 0 radical (unpaired) electrons. The molecular formula is C18H16FN3O2S. The van der Waals surface area contributed by atoms with Crippen LogP contribution in [-0.4, -0.2) is 27.3 Å². The van der Waals surface area contributed by atoms with Gasteiger partial charge in [-0.25, -0.2) is 9.37 Å². The maximum atomic E-state index is 13.0. The van der Waals surface area contributed by atoms with Crippen molar-refractivity contribution in [3.8, 4) is 0 Å². The molecule has 7 heteroatoms. The van der Waals surface area contributed by atoms with E-state index in [1.54, 1.807) is 34.9 Å². The Kier molecular flexibility index (Phi) is 4.31. The number of carbonyl (C=O) groups excluding carboxylic acids is 1. The smallest absolute Gasteiger partial charge is 0.266 e. The van der Waals surface area contributed by atoms with E-state index in [-0.39, 0.29) is 17.8 Å². The number of benzene rings is 1. The zero-order valence-corrected chi connectivity index (χ0v) is 14.2. The molecule has 1 saturated heterocycles. The molecule has 128 valence electrons. The molecular weight excluding hydrogens is 341 g/mol.